The van der Waals surface area contributed by atoms with Crippen molar-refractivity contribution in [1.29, 1.82) is 0 Å². The van der Waals surface area contributed by atoms with Crippen LogP contribution in [0.1, 0.15) is 12.2 Å². The first-order valence-corrected chi connectivity index (χ1v) is 5.82. The van der Waals surface area contributed by atoms with E-state index in [-0.39, 0.29) is 11.2 Å². The van der Waals surface area contributed by atoms with Crippen LogP contribution in [-0.2, 0) is 20.6 Å². The van der Waals surface area contributed by atoms with Crippen LogP contribution >= 0.6 is 0 Å². The minimum Gasteiger partial charge on any atom is -0.330 e. The van der Waals surface area contributed by atoms with Crippen molar-refractivity contribution < 1.29 is 0 Å². The van der Waals surface area contributed by atoms with E-state index in [2.05, 4.69) is 4.98 Å². The highest BCUT2D eigenvalue weighted by Crippen LogP contribution is 2.07. The zero-order chi connectivity index (χ0) is 13.4. The molecule has 0 fully saturated rings. The first-order valence-electron chi connectivity index (χ1n) is 5.82. The van der Waals surface area contributed by atoms with Gasteiger partial charge in [0.25, 0.3) is 5.56 Å². The molecule has 0 aliphatic rings. The third kappa shape index (κ3) is 1.67. The van der Waals surface area contributed by atoms with Crippen LogP contribution in [0, 0.1) is 6.92 Å². The maximum absolute atomic E-state index is 12.3. The van der Waals surface area contributed by atoms with Gasteiger partial charge in [0.1, 0.15) is 5.82 Å². The number of aryl methyl sites for hydroxylation is 3. The fourth-order valence-corrected chi connectivity index (χ4v) is 2.00. The van der Waals surface area contributed by atoms with Crippen molar-refractivity contribution in [3.05, 3.63) is 26.7 Å². The van der Waals surface area contributed by atoms with Gasteiger partial charge in [-0.3, -0.25) is 13.9 Å². The van der Waals surface area contributed by atoms with Gasteiger partial charge in [0.2, 0.25) is 0 Å². The standard InChI is InChI=1S/C11H17N5O2/c1-7-13-9-8(14(7)2)10(17)16(6-4-5-12)11(18)15(9)3/h4-6,12H2,1-3H3. The minimum absolute atomic E-state index is 0.301. The number of hydrogen-bond donors (Lipinski definition) is 1. The molecule has 18 heavy (non-hydrogen) atoms. The van der Waals surface area contributed by atoms with Gasteiger partial charge in [0.05, 0.1) is 0 Å². The zero-order valence-electron chi connectivity index (χ0n) is 10.8. The van der Waals surface area contributed by atoms with Crippen molar-refractivity contribution in [3.8, 4) is 0 Å². The zero-order valence-corrected chi connectivity index (χ0v) is 10.8. The van der Waals surface area contributed by atoms with Crippen LogP contribution in [0.25, 0.3) is 11.2 Å². The van der Waals surface area contributed by atoms with Gasteiger partial charge in [-0.2, -0.15) is 0 Å². The third-order valence-corrected chi connectivity index (χ3v) is 3.17. The van der Waals surface area contributed by atoms with E-state index in [9.17, 15) is 9.59 Å². The summed E-state index contributed by atoms with van der Waals surface area (Å²) in [6.45, 7) is 2.58. The molecule has 7 nitrogen and oxygen atoms in total. The van der Waals surface area contributed by atoms with Gasteiger partial charge in [-0.15, -0.1) is 0 Å². The number of aromatic nitrogens is 4. The Morgan fingerprint density at radius 3 is 2.50 bits per heavy atom. The van der Waals surface area contributed by atoms with Crippen molar-refractivity contribution in [2.24, 2.45) is 19.8 Å². The van der Waals surface area contributed by atoms with Crippen molar-refractivity contribution in [2.75, 3.05) is 6.54 Å². The number of nitrogens with zero attached hydrogens (tertiary/aromatic N) is 4. The molecule has 7 heteroatoms. The molecule has 2 aromatic heterocycles. The molecule has 0 amide bonds. The highest BCUT2D eigenvalue weighted by molar-refractivity contribution is 5.70. The molecular formula is C11H17N5O2. The van der Waals surface area contributed by atoms with E-state index < -0.39 is 0 Å². The largest absolute Gasteiger partial charge is 0.332 e. The van der Waals surface area contributed by atoms with Crippen molar-refractivity contribution in [2.45, 2.75) is 19.9 Å². The SMILES string of the molecule is Cc1nc2c(c(=O)n(CCCN)c(=O)n2C)n1C. The summed E-state index contributed by atoms with van der Waals surface area (Å²) in [5.41, 5.74) is 5.65. The van der Waals surface area contributed by atoms with Crippen LogP contribution in [0.5, 0.6) is 0 Å². The average Bonchev–Trinajstić information content (AvgIpc) is 2.64. The van der Waals surface area contributed by atoms with Crippen LogP contribution in [0.3, 0.4) is 0 Å². The lowest BCUT2D eigenvalue weighted by Crippen LogP contribution is -2.40. The number of imidazole rings is 1. The molecule has 0 atom stereocenters. The molecule has 0 aliphatic carbocycles. The Kier molecular flexibility index (Phi) is 3.08. The van der Waals surface area contributed by atoms with E-state index in [1.54, 1.807) is 25.6 Å². The molecule has 0 aromatic carbocycles. The summed E-state index contributed by atoms with van der Waals surface area (Å²) in [7, 11) is 3.39. The highest BCUT2D eigenvalue weighted by Gasteiger charge is 2.16. The molecule has 0 saturated heterocycles. The second kappa shape index (κ2) is 4.41. The van der Waals surface area contributed by atoms with Crippen LogP contribution in [0.15, 0.2) is 9.59 Å². The van der Waals surface area contributed by atoms with E-state index in [1.165, 1.54) is 9.13 Å². The number of hydrogen-bond acceptors (Lipinski definition) is 4. The smallest absolute Gasteiger partial charge is 0.330 e. The van der Waals surface area contributed by atoms with Gasteiger partial charge < -0.3 is 10.3 Å². The van der Waals surface area contributed by atoms with Gasteiger partial charge >= 0.3 is 5.69 Å². The average molecular weight is 251 g/mol. The fraction of sp³-hybridized carbons (Fsp3) is 0.545. The Balaban J connectivity index is 2.85. The van der Waals surface area contributed by atoms with Gasteiger partial charge in [-0.1, -0.05) is 0 Å². The predicted octanol–water partition coefficient (Wildman–Crippen LogP) is -0.909. The Morgan fingerprint density at radius 2 is 1.89 bits per heavy atom. The van der Waals surface area contributed by atoms with Gasteiger partial charge in [-0.05, 0) is 19.9 Å². The Bertz CT molecular complexity index is 707. The molecule has 0 spiro atoms. The summed E-state index contributed by atoms with van der Waals surface area (Å²) >= 11 is 0. The lowest BCUT2D eigenvalue weighted by Gasteiger charge is -2.07. The molecule has 98 valence electrons. The van der Waals surface area contributed by atoms with E-state index in [1.807, 2.05) is 0 Å². The second-order valence-electron chi connectivity index (χ2n) is 4.33. The van der Waals surface area contributed by atoms with Crippen molar-refractivity contribution >= 4 is 11.2 Å². The van der Waals surface area contributed by atoms with Crippen LogP contribution in [-0.4, -0.2) is 25.2 Å². The first kappa shape index (κ1) is 12.6. The molecule has 2 rings (SSSR count). The summed E-state index contributed by atoms with van der Waals surface area (Å²) in [6, 6.07) is 0. The summed E-state index contributed by atoms with van der Waals surface area (Å²) in [5.74, 6) is 0.702. The summed E-state index contributed by atoms with van der Waals surface area (Å²) in [5, 5.41) is 0. The van der Waals surface area contributed by atoms with Crippen LogP contribution < -0.4 is 17.0 Å². The van der Waals surface area contributed by atoms with E-state index in [0.29, 0.717) is 36.5 Å². The molecule has 0 radical (unpaired) electrons. The Hall–Kier alpha value is -1.89. The lowest BCUT2D eigenvalue weighted by atomic mass is 10.4. The fourth-order valence-electron chi connectivity index (χ4n) is 2.00. The molecule has 0 unspecified atom stereocenters. The van der Waals surface area contributed by atoms with E-state index in [4.69, 9.17) is 5.73 Å². The summed E-state index contributed by atoms with van der Waals surface area (Å²) in [6.07, 6.45) is 0.595. The minimum atomic E-state index is -0.348. The highest BCUT2D eigenvalue weighted by atomic mass is 16.2. The Labute approximate surface area is 103 Å². The molecule has 0 saturated carbocycles. The lowest BCUT2D eigenvalue weighted by molar-refractivity contribution is 0.577. The monoisotopic (exact) mass is 251 g/mol. The van der Waals surface area contributed by atoms with Gasteiger partial charge in [0.15, 0.2) is 11.2 Å². The Morgan fingerprint density at radius 1 is 1.22 bits per heavy atom. The van der Waals surface area contributed by atoms with Gasteiger partial charge in [-0.25, -0.2) is 9.78 Å². The maximum atomic E-state index is 12.3. The summed E-state index contributed by atoms with van der Waals surface area (Å²) < 4.78 is 4.33. The molecule has 0 aliphatic heterocycles. The van der Waals surface area contributed by atoms with E-state index in [0.717, 1.165) is 0 Å². The maximum Gasteiger partial charge on any atom is 0.332 e. The third-order valence-electron chi connectivity index (χ3n) is 3.17. The molecule has 0 bridgehead atoms. The summed E-state index contributed by atoms with van der Waals surface area (Å²) in [4.78, 5) is 28.6. The molecule has 2 heterocycles. The topological polar surface area (TPSA) is 87.8 Å². The number of fused-ring (bicyclic) bond motifs is 1. The van der Waals surface area contributed by atoms with Crippen molar-refractivity contribution in [1.82, 2.24) is 18.7 Å². The quantitative estimate of drug-likeness (QED) is 0.765. The number of nitrogens with two attached hydrogens (primary N) is 1. The predicted molar refractivity (Wildman–Crippen MR) is 68.6 cm³/mol. The first-order chi connectivity index (χ1) is 8.49. The normalized spacial score (nSPS) is 11.3. The van der Waals surface area contributed by atoms with Gasteiger partial charge in [0, 0.05) is 20.6 Å². The molecular weight excluding hydrogens is 234 g/mol. The van der Waals surface area contributed by atoms with E-state index >= 15 is 0 Å². The van der Waals surface area contributed by atoms with Crippen LogP contribution in [0.2, 0.25) is 0 Å². The molecule has 2 N–H and O–H groups in total. The second-order valence-corrected chi connectivity index (χ2v) is 4.33. The van der Waals surface area contributed by atoms with Crippen molar-refractivity contribution in [3.63, 3.8) is 0 Å². The number of rotatable bonds is 3. The molecule has 2 aromatic rings. The van der Waals surface area contributed by atoms with Crippen LogP contribution in [0.4, 0.5) is 0 Å².